The number of nitro groups is 1. The number of non-ortho nitro benzene ring substituents is 1. The molecule has 0 saturated heterocycles. The highest BCUT2D eigenvalue weighted by molar-refractivity contribution is 5.96. The van der Waals surface area contributed by atoms with Crippen LogP contribution in [0.3, 0.4) is 0 Å². The van der Waals surface area contributed by atoms with Gasteiger partial charge in [-0.2, -0.15) is 0 Å². The van der Waals surface area contributed by atoms with Gasteiger partial charge in [-0.3, -0.25) is 19.9 Å². The van der Waals surface area contributed by atoms with E-state index >= 15 is 0 Å². The molecule has 1 N–H and O–H groups in total. The summed E-state index contributed by atoms with van der Waals surface area (Å²) in [5.74, 6) is -0.323. The highest BCUT2D eigenvalue weighted by Gasteiger charge is 2.14. The summed E-state index contributed by atoms with van der Waals surface area (Å²) in [5.41, 5.74) is 1.16. The van der Waals surface area contributed by atoms with Crippen molar-refractivity contribution in [2.24, 2.45) is 0 Å². The lowest BCUT2D eigenvalue weighted by atomic mass is 10.1. The van der Waals surface area contributed by atoms with Gasteiger partial charge in [-0.1, -0.05) is 0 Å². The van der Waals surface area contributed by atoms with Crippen molar-refractivity contribution >= 4 is 28.2 Å². The first-order valence-electron chi connectivity index (χ1n) is 5.96. The number of nitrogens with zero attached hydrogens (tertiary/aromatic N) is 2. The fourth-order valence-electron chi connectivity index (χ4n) is 1.86. The Kier molecular flexibility index (Phi) is 4.09. The summed E-state index contributed by atoms with van der Waals surface area (Å²) in [5, 5.41) is 14.5. The third-order valence-corrected chi connectivity index (χ3v) is 2.82. The average molecular weight is 275 g/mol. The molecule has 2 aromatic rings. The molecule has 1 aromatic heterocycles. The van der Waals surface area contributed by atoms with E-state index in [9.17, 15) is 14.9 Å². The van der Waals surface area contributed by atoms with Crippen molar-refractivity contribution in [2.75, 3.05) is 19.0 Å². The van der Waals surface area contributed by atoms with Crippen LogP contribution in [0.1, 0.15) is 6.42 Å². The van der Waals surface area contributed by atoms with E-state index in [2.05, 4.69) is 15.0 Å². The van der Waals surface area contributed by atoms with Gasteiger partial charge in [0.15, 0.2) is 0 Å². The van der Waals surface area contributed by atoms with Gasteiger partial charge >= 0.3 is 5.97 Å². The number of methoxy groups -OCH3 is 1. The molecule has 1 aromatic carbocycles. The first kappa shape index (κ1) is 13.7. The van der Waals surface area contributed by atoms with Crippen molar-refractivity contribution in [3.8, 4) is 0 Å². The Labute approximate surface area is 114 Å². The van der Waals surface area contributed by atoms with Crippen molar-refractivity contribution in [2.45, 2.75) is 6.42 Å². The van der Waals surface area contributed by atoms with E-state index < -0.39 is 4.92 Å². The van der Waals surface area contributed by atoms with E-state index in [0.29, 0.717) is 23.1 Å². The van der Waals surface area contributed by atoms with Crippen molar-refractivity contribution < 1.29 is 14.5 Å². The number of pyridine rings is 1. The minimum Gasteiger partial charge on any atom is -0.469 e. The molecule has 7 nitrogen and oxygen atoms in total. The number of nitro benzene ring substituents is 1. The summed E-state index contributed by atoms with van der Waals surface area (Å²) in [4.78, 5) is 25.7. The van der Waals surface area contributed by atoms with Crippen LogP contribution in [0.4, 0.5) is 11.4 Å². The summed E-state index contributed by atoms with van der Waals surface area (Å²) >= 11 is 0. The summed E-state index contributed by atoms with van der Waals surface area (Å²) < 4.78 is 4.54. The van der Waals surface area contributed by atoms with Gasteiger partial charge in [0.05, 0.1) is 29.5 Å². The third-order valence-electron chi connectivity index (χ3n) is 2.82. The molecule has 20 heavy (non-hydrogen) atoms. The van der Waals surface area contributed by atoms with Crippen LogP contribution in [0.15, 0.2) is 30.5 Å². The predicted octanol–water partition coefficient (Wildman–Crippen LogP) is 2.12. The van der Waals surface area contributed by atoms with Gasteiger partial charge in [0.1, 0.15) is 5.52 Å². The second kappa shape index (κ2) is 5.96. The Hall–Kier alpha value is -2.70. The summed E-state index contributed by atoms with van der Waals surface area (Å²) in [6, 6.07) is 6.30. The van der Waals surface area contributed by atoms with Gasteiger partial charge in [0.25, 0.3) is 5.69 Å². The topological polar surface area (TPSA) is 94.4 Å². The molecule has 2 rings (SSSR count). The maximum Gasteiger partial charge on any atom is 0.307 e. The molecule has 0 fully saturated rings. The zero-order valence-electron chi connectivity index (χ0n) is 10.8. The number of hydrogen-bond donors (Lipinski definition) is 1. The first-order valence-corrected chi connectivity index (χ1v) is 5.96. The molecule has 0 atom stereocenters. The molecule has 0 bridgehead atoms. The van der Waals surface area contributed by atoms with E-state index in [4.69, 9.17) is 0 Å². The number of fused-ring (bicyclic) bond motifs is 1. The van der Waals surface area contributed by atoms with Gasteiger partial charge in [0, 0.05) is 18.8 Å². The molecule has 0 unspecified atom stereocenters. The number of rotatable bonds is 5. The van der Waals surface area contributed by atoms with Crippen LogP contribution in [-0.4, -0.2) is 29.5 Å². The fraction of sp³-hybridized carbons (Fsp3) is 0.231. The van der Waals surface area contributed by atoms with Crippen LogP contribution in [0.2, 0.25) is 0 Å². The number of carbonyl (C=O) groups excluding carboxylic acids is 1. The van der Waals surface area contributed by atoms with Crippen LogP contribution < -0.4 is 5.32 Å². The van der Waals surface area contributed by atoms with Crippen LogP contribution in [-0.2, 0) is 9.53 Å². The molecule has 7 heteroatoms. The molecule has 0 spiro atoms. The molecule has 0 aliphatic heterocycles. The second-order valence-corrected chi connectivity index (χ2v) is 4.04. The van der Waals surface area contributed by atoms with Gasteiger partial charge in [-0.05, 0) is 18.2 Å². The maximum absolute atomic E-state index is 11.0. The molecular weight excluding hydrogens is 262 g/mol. The minimum atomic E-state index is -0.442. The highest BCUT2D eigenvalue weighted by atomic mass is 16.6. The maximum atomic E-state index is 11.0. The molecule has 0 aliphatic carbocycles. The van der Waals surface area contributed by atoms with Crippen molar-refractivity contribution in [1.82, 2.24) is 4.98 Å². The number of anilines is 1. The molecule has 1 heterocycles. The van der Waals surface area contributed by atoms with E-state index in [0.717, 1.165) is 0 Å². The lowest BCUT2D eigenvalue weighted by Crippen LogP contribution is -2.10. The molecule has 0 aliphatic rings. The lowest BCUT2D eigenvalue weighted by molar-refractivity contribution is -0.383. The standard InChI is InChI=1S/C13H13N3O4/c1-20-12(17)6-8-14-10-4-5-11(16(18)19)9-3-2-7-15-13(9)10/h2-5,7,14H,6,8H2,1H3. The van der Waals surface area contributed by atoms with E-state index in [1.165, 1.54) is 13.2 Å². The number of ether oxygens (including phenoxy) is 1. The third kappa shape index (κ3) is 2.82. The Morgan fingerprint density at radius 1 is 1.45 bits per heavy atom. The molecule has 0 amide bonds. The minimum absolute atomic E-state index is 0.00613. The zero-order chi connectivity index (χ0) is 14.5. The Morgan fingerprint density at radius 3 is 2.95 bits per heavy atom. The number of esters is 1. The molecular formula is C13H13N3O4. The number of nitrogens with one attached hydrogen (secondary N) is 1. The second-order valence-electron chi connectivity index (χ2n) is 4.04. The molecule has 0 saturated carbocycles. The number of aromatic nitrogens is 1. The fourth-order valence-corrected chi connectivity index (χ4v) is 1.86. The SMILES string of the molecule is COC(=O)CCNc1ccc([N+](=O)[O-])c2cccnc12. The number of carbonyl (C=O) groups is 1. The Bertz CT molecular complexity index is 657. The lowest BCUT2D eigenvalue weighted by Gasteiger charge is -2.08. The summed E-state index contributed by atoms with van der Waals surface area (Å²) in [7, 11) is 1.32. The number of hydrogen-bond acceptors (Lipinski definition) is 6. The quantitative estimate of drug-likeness (QED) is 0.510. The van der Waals surface area contributed by atoms with E-state index in [1.807, 2.05) is 0 Å². The van der Waals surface area contributed by atoms with Gasteiger partial charge < -0.3 is 10.1 Å². The largest absolute Gasteiger partial charge is 0.469 e. The van der Waals surface area contributed by atoms with Crippen LogP contribution in [0.25, 0.3) is 10.9 Å². The van der Waals surface area contributed by atoms with Gasteiger partial charge in [0.2, 0.25) is 0 Å². The van der Waals surface area contributed by atoms with E-state index in [1.54, 1.807) is 24.4 Å². The van der Waals surface area contributed by atoms with Crippen LogP contribution in [0, 0.1) is 10.1 Å². The zero-order valence-corrected chi connectivity index (χ0v) is 10.8. The van der Waals surface area contributed by atoms with Crippen LogP contribution >= 0.6 is 0 Å². The molecule has 104 valence electrons. The smallest absolute Gasteiger partial charge is 0.307 e. The Morgan fingerprint density at radius 2 is 2.25 bits per heavy atom. The average Bonchev–Trinajstić information content (AvgIpc) is 2.46. The van der Waals surface area contributed by atoms with Gasteiger partial charge in [-0.15, -0.1) is 0 Å². The van der Waals surface area contributed by atoms with Crippen molar-refractivity contribution in [1.29, 1.82) is 0 Å². The van der Waals surface area contributed by atoms with E-state index in [-0.39, 0.29) is 18.1 Å². The van der Waals surface area contributed by atoms with Crippen LogP contribution in [0.5, 0.6) is 0 Å². The van der Waals surface area contributed by atoms with Crippen molar-refractivity contribution in [3.05, 3.63) is 40.6 Å². The Balaban J connectivity index is 2.29. The highest BCUT2D eigenvalue weighted by Crippen LogP contribution is 2.29. The summed E-state index contributed by atoms with van der Waals surface area (Å²) in [6.07, 6.45) is 1.78. The van der Waals surface area contributed by atoms with Crippen molar-refractivity contribution in [3.63, 3.8) is 0 Å². The molecule has 0 radical (unpaired) electrons. The summed E-state index contributed by atoms with van der Waals surface area (Å²) in [6.45, 7) is 0.371. The monoisotopic (exact) mass is 275 g/mol. The normalized spacial score (nSPS) is 10.2. The van der Waals surface area contributed by atoms with Gasteiger partial charge in [-0.25, -0.2) is 0 Å². The first-order chi connectivity index (χ1) is 9.63. The number of benzene rings is 1. The predicted molar refractivity (Wildman–Crippen MR) is 73.5 cm³/mol.